The number of hydrogen-bond acceptors (Lipinski definition) is 1. The van der Waals surface area contributed by atoms with Crippen LogP contribution in [0.2, 0.25) is 0 Å². The van der Waals surface area contributed by atoms with Crippen LogP contribution in [0.1, 0.15) is 15.3 Å². The molecule has 0 N–H and O–H groups in total. The van der Waals surface area contributed by atoms with Crippen molar-refractivity contribution in [3.05, 3.63) is 69.3 Å². The van der Waals surface area contributed by atoms with E-state index >= 15 is 0 Å². The monoisotopic (exact) mass is 412 g/mol. The summed E-state index contributed by atoms with van der Waals surface area (Å²) in [5, 5.41) is 1.10. The molecule has 0 radical (unpaired) electrons. The standard InChI is InChI=1S/C16H11Br2FS/c17-12-3-1-2-10(6-12)7-14(18)16-8-11-4-5-13(19)9-15(11)20-16/h1-6,8-9,14H,7H2. The Morgan fingerprint density at radius 1 is 1.10 bits per heavy atom. The highest BCUT2D eigenvalue weighted by Crippen LogP contribution is 2.36. The predicted octanol–water partition coefficient (Wildman–Crippen LogP) is 6.48. The maximum atomic E-state index is 13.2. The fraction of sp³-hybridized carbons (Fsp3) is 0.125. The molecule has 1 aromatic heterocycles. The normalized spacial score (nSPS) is 12.8. The van der Waals surface area contributed by atoms with E-state index in [9.17, 15) is 4.39 Å². The molecule has 3 aromatic rings. The van der Waals surface area contributed by atoms with Crippen molar-refractivity contribution >= 4 is 53.3 Å². The third kappa shape index (κ3) is 3.13. The molecule has 0 amide bonds. The average Bonchev–Trinajstić information content (AvgIpc) is 2.81. The number of thiophene rings is 1. The van der Waals surface area contributed by atoms with Gasteiger partial charge in [0.05, 0.1) is 4.83 Å². The van der Waals surface area contributed by atoms with Gasteiger partial charge in [-0.1, -0.05) is 50.1 Å². The fourth-order valence-corrected chi connectivity index (χ4v) is 4.45. The summed E-state index contributed by atoms with van der Waals surface area (Å²) in [6.45, 7) is 0. The van der Waals surface area contributed by atoms with Gasteiger partial charge in [-0.25, -0.2) is 4.39 Å². The molecule has 0 bridgehead atoms. The highest BCUT2D eigenvalue weighted by atomic mass is 79.9. The van der Waals surface area contributed by atoms with Crippen LogP contribution in [0.25, 0.3) is 10.1 Å². The van der Waals surface area contributed by atoms with E-state index in [4.69, 9.17) is 0 Å². The van der Waals surface area contributed by atoms with Crippen LogP contribution < -0.4 is 0 Å². The van der Waals surface area contributed by atoms with Gasteiger partial charge in [0, 0.05) is 14.0 Å². The lowest BCUT2D eigenvalue weighted by atomic mass is 10.1. The van der Waals surface area contributed by atoms with Crippen molar-refractivity contribution in [3.8, 4) is 0 Å². The molecule has 0 aliphatic rings. The predicted molar refractivity (Wildman–Crippen MR) is 91.3 cm³/mol. The molecule has 0 nitrogen and oxygen atoms in total. The van der Waals surface area contributed by atoms with Crippen LogP contribution in [0.3, 0.4) is 0 Å². The molecule has 1 heterocycles. The minimum Gasteiger partial charge on any atom is -0.207 e. The zero-order valence-corrected chi connectivity index (χ0v) is 14.4. The van der Waals surface area contributed by atoms with E-state index in [-0.39, 0.29) is 10.6 Å². The zero-order chi connectivity index (χ0) is 14.1. The summed E-state index contributed by atoms with van der Waals surface area (Å²) in [7, 11) is 0. The van der Waals surface area contributed by atoms with Crippen molar-refractivity contribution in [2.24, 2.45) is 0 Å². The van der Waals surface area contributed by atoms with Crippen molar-refractivity contribution in [3.63, 3.8) is 0 Å². The van der Waals surface area contributed by atoms with E-state index in [2.05, 4.69) is 50.1 Å². The van der Waals surface area contributed by atoms with Gasteiger partial charge < -0.3 is 0 Å². The lowest BCUT2D eigenvalue weighted by Gasteiger charge is -2.07. The molecule has 1 unspecified atom stereocenters. The minimum absolute atomic E-state index is 0.177. The number of halogens is 3. The van der Waals surface area contributed by atoms with Gasteiger partial charge >= 0.3 is 0 Å². The summed E-state index contributed by atoms with van der Waals surface area (Å²) in [6.07, 6.45) is 0.911. The number of hydrogen-bond donors (Lipinski definition) is 0. The SMILES string of the molecule is Fc1ccc2cc(C(Br)Cc3cccc(Br)c3)sc2c1. The van der Waals surface area contributed by atoms with E-state index in [0.717, 1.165) is 21.0 Å². The first-order valence-corrected chi connectivity index (χ1v) is 8.72. The Morgan fingerprint density at radius 2 is 1.95 bits per heavy atom. The quantitative estimate of drug-likeness (QED) is 0.431. The van der Waals surface area contributed by atoms with Crippen LogP contribution in [-0.4, -0.2) is 0 Å². The topological polar surface area (TPSA) is 0 Å². The van der Waals surface area contributed by atoms with Gasteiger partial charge in [-0.05, 0) is 47.7 Å². The molecule has 0 aliphatic carbocycles. The summed E-state index contributed by atoms with van der Waals surface area (Å²) in [4.78, 5) is 1.47. The molecule has 2 aromatic carbocycles. The molecule has 0 aliphatic heterocycles. The summed E-state index contributed by atoms with van der Waals surface area (Å²) < 4.78 is 15.3. The molecule has 1 atom stereocenters. The molecular formula is C16H11Br2FS. The van der Waals surface area contributed by atoms with E-state index in [1.54, 1.807) is 17.4 Å². The second kappa shape index (κ2) is 5.96. The van der Waals surface area contributed by atoms with Crippen LogP contribution in [-0.2, 0) is 6.42 Å². The Balaban J connectivity index is 1.86. The van der Waals surface area contributed by atoms with Crippen LogP contribution in [0, 0.1) is 5.82 Å². The zero-order valence-electron chi connectivity index (χ0n) is 10.4. The molecule has 0 spiro atoms. The van der Waals surface area contributed by atoms with Crippen LogP contribution in [0.15, 0.2) is 53.0 Å². The largest absolute Gasteiger partial charge is 0.207 e. The van der Waals surface area contributed by atoms with Crippen LogP contribution in [0.5, 0.6) is 0 Å². The molecule has 4 heteroatoms. The van der Waals surface area contributed by atoms with Crippen LogP contribution >= 0.6 is 43.2 Å². The summed E-state index contributed by atoms with van der Waals surface area (Å²) in [5.41, 5.74) is 1.27. The molecule has 0 saturated heterocycles. The Labute approximate surface area is 137 Å². The van der Waals surface area contributed by atoms with Crippen molar-refractivity contribution in [1.29, 1.82) is 0 Å². The first-order chi connectivity index (χ1) is 9.61. The van der Waals surface area contributed by atoms with Crippen molar-refractivity contribution in [1.82, 2.24) is 0 Å². The van der Waals surface area contributed by atoms with Crippen molar-refractivity contribution in [2.75, 3.05) is 0 Å². The first-order valence-electron chi connectivity index (χ1n) is 6.19. The third-order valence-electron chi connectivity index (χ3n) is 3.11. The molecular weight excluding hydrogens is 403 g/mol. The molecule has 20 heavy (non-hydrogen) atoms. The van der Waals surface area contributed by atoms with Gasteiger partial charge in [-0.3, -0.25) is 0 Å². The molecule has 0 fully saturated rings. The van der Waals surface area contributed by atoms with Crippen LogP contribution in [0.4, 0.5) is 4.39 Å². The number of alkyl halides is 1. The fourth-order valence-electron chi connectivity index (χ4n) is 2.15. The van der Waals surface area contributed by atoms with E-state index < -0.39 is 0 Å². The van der Waals surface area contributed by atoms with Gasteiger partial charge in [0.15, 0.2) is 0 Å². The maximum absolute atomic E-state index is 13.2. The average molecular weight is 414 g/mol. The maximum Gasteiger partial charge on any atom is 0.124 e. The number of benzene rings is 2. The second-order valence-electron chi connectivity index (χ2n) is 4.63. The smallest absolute Gasteiger partial charge is 0.124 e. The summed E-state index contributed by atoms with van der Waals surface area (Å²) in [6, 6.07) is 15.4. The molecule has 0 saturated carbocycles. The van der Waals surface area contributed by atoms with Gasteiger partial charge in [0.1, 0.15) is 5.82 Å². The van der Waals surface area contributed by atoms with E-state index in [1.807, 2.05) is 18.2 Å². The molecule has 3 rings (SSSR count). The Bertz CT molecular complexity index is 751. The van der Waals surface area contributed by atoms with Crippen molar-refractivity contribution in [2.45, 2.75) is 11.2 Å². The first kappa shape index (κ1) is 14.2. The lowest BCUT2D eigenvalue weighted by Crippen LogP contribution is -1.92. The third-order valence-corrected chi connectivity index (χ3v) is 5.94. The van der Waals surface area contributed by atoms with Crippen molar-refractivity contribution < 1.29 is 4.39 Å². The lowest BCUT2D eigenvalue weighted by molar-refractivity contribution is 0.630. The Hall–Kier alpha value is -0.710. The number of fused-ring (bicyclic) bond motifs is 1. The van der Waals surface area contributed by atoms with Gasteiger partial charge in [-0.15, -0.1) is 11.3 Å². The van der Waals surface area contributed by atoms with E-state index in [0.29, 0.717) is 0 Å². The van der Waals surface area contributed by atoms with Gasteiger partial charge in [0.25, 0.3) is 0 Å². The van der Waals surface area contributed by atoms with Gasteiger partial charge in [0.2, 0.25) is 0 Å². The Kier molecular flexibility index (Phi) is 4.24. The highest BCUT2D eigenvalue weighted by molar-refractivity contribution is 9.10. The minimum atomic E-state index is -0.177. The van der Waals surface area contributed by atoms with Gasteiger partial charge in [-0.2, -0.15) is 0 Å². The summed E-state index contributed by atoms with van der Waals surface area (Å²) >= 11 is 8.88. The Morgan fingerprint density at radius 3 is 2.75 bits per heavy atom. The number of rotatable bonds is 3. The summed E-state index contributed by atoms with van der Waals surface area (Å²) in [5.74, 6) is -0.177. The van der Waals surface area contributed by atoms with E-state index in [1.165, 1.54) is 16.5 Å². The highest BCUT2D eigenvalue weighted by Gasteiger charge is 2.12. The second-order valence-corrected chi connectivity index (χ2v) is 7.77. The molecule has 102 valence electrons.